The second-order valence-electron chi connectivity index (χ2n) is 5.57. The fourth-order valence-corrected chi connectivity index (χ4v) is 2.29. The first-order valence-electron chi connectivity index (χ1n) is 8.03. The van der Waals surface area contributed by atoms with Crippen molar-refractivity contribution in [1.29, 1.82) is 0 Å². The number of hydrogen-bond donors (Lipinski definition) is 2. The molecule has 0 aliphatic rings. The minimum absolute atomic E-state index is 0.0342. The van der Waals surface area contributed by atoms with Gasteiger partial charge < -0.3 is 15.1 Å². The number of nitrogens with zero attached hydrogens (tertiary/aromatic N) is 1. The highest BCUT2D eigenvalue weighted by Crippen LogP contribution is 2.19. The lowest BCUT2D eigenvalue weighted by molar-refractivity contribution is -0.120. The zero-order chi connectivity index (χ0) is 19.2. The van der Waals surface area contributed by atoms with Crippen LogP contribution in [-0.4, -0.2) is 23.3 Å². The topological polar surface area (TPSA) is 84.2 Å². The van der Waals surface area contributed by atoms with Crippen molar-refractivity contribution in [3.8, 4) is 11.3 Å². The summed E-state index contributed by atoms with van der Waals surface area (Å²) >= 11 is 0. The number of amides is 2. The largest absolute Gasteiger partial charge is 0.439 e. The van der Waals surface area contributed by atoms with Gasteiger partial charge >= 0.3 is 0 Å². The first-order chi connectivity index (χ1) is 13.0. The second-order valence-corrected chi connectivity index (χ2v) is 5.57. The van der Waals surface area contributed by atoms with Crippen LogP contribution in [0.15, 0.2) is 59.1 Å². The van der Waals surface area contributed by atoms with Gasteiger partial charge in [0, 0.05) is 11.6 Å². The zero-order valence-corrected chi connectivity index (χ0v) is 14.0. The molecule has 0 aliphatic heterocycles. The van der Waals surface area contributed by atoms with Crippen molar-refractivity contribution >= 4 is 11.8 Å². The summed E-state index contributed by atoms with van der Waals surface area (Å²) in [5.74, 6) is -2.24. The van der Waals surface area contributed by atoms with E-state index in [4.69, 9.17) is 4.42 Å². The van der Waals surface area contributed by atoms with E-state index < -0.39 is 23.4 Å². The standard InChI is InChI=1S/C19H15F2N3O3/c20-13-6-7-14(15(21)8-13)19(26)24-10-17(25)22-11-18-23-9-16(27-18)12-4-2-1-3-5-12/h1-9H,10-11H2,(H,22,25)(H,24,26). The van der Waals surface area contributed by atoms with E-state index in [1.54, 1.807) is 6.20 Å². The minimum Gasteiger partial charge on any atom is -0.439 e. The molecule has 2 amide bonds. The Balaban J connectivity index is 1.49. The van der Waals surface area contributed by atoms with Crippen LogP contribution in [-0.2, 0) is 11.3 Å². The molecule has 0 spiro atoms. The quantitative estimate of drug-likeness (QED) is 0.698. The summed E-state index contributed by atoms with van der Waals surface area (Å²) in [4.78, 5) is 27.7. The van der Waals surface area contributed by atoms with Crippen LogP contribution in [0.5, 0.6) is 0 Å². The Bertz CT molecular complexity index is 958. The number of benzene rings is 2. The van der Waals surface area contributed by atoms with Gasteiger partial charge in [0.05, 0.1) is 24.8 Å². The Morgan fingerprint density at radius 1 is 1.04 bits per heavy atom. The Labute approximate surface area is 153 Å². The zero-order valence-electron chi connectivity index (χ0n) is 14.0. The lowest BCUT2D eigenvalue weighted by atomic mass is 10.2. The molecule has 3 rings (SSSR count). The average molecular weight is 371 g/mol. The van der Waals surface area contributed by atoms with Gasteiger partial charge in [-0.15, -0.1) is 0 Å². The van der Waals surface area contributed by atoms with Crippen LogP contribution in [0, 0.1) is 11.6 Å². The Hall–Kier alpha value is -3.55. The Morgan fingerprint density at radius 2 is 1.81 bits per heavy atom. The van der Waals surface area contributed by atoms with E-state index in [0.29, 0.717) is 17.7 Å². The third-order valence-electron chi connectivity index (χ3n) is 3.63. The molecule has 0 aliphatic carbocycles. The SMILES string of the molecule is O=C(CNC(=O)c1ccc(F)cc1F)NCc1ncc(-c2ccccc2)o1. The number of halogens is 2. The Kier molecular flexibility index (Phi) is 5.55. The van der Waals surface area contributed by atoms with E-state index in [1.807, 2.05) is 30.3 Å². The molecule has 8 heteroatoms. The van der Waals surface area contributed by atoms with Crippen LogP contribution in [0.2, 0.25) is 0 Å². The summed E-state index contributed by atoms with van der Waals surface area (Å²) in [5, 5.41) is 4.79. The predicted molar refractivity (Wildman–Crippen MR) is 92.5 cm³/mol. The molecular formula is C19H15F2N3O3. The molecule has 6 nitrogen and oxygen atoms in total. The number of hydrogen-bond acceptors (Lipinski definition) is 4. The molecule has 27 heavy (non-hydrogen) atoms. The van der Waals surface area contributed by atoms with Gasteiger partial charge in [0.15, 0.2) is 5.76 Å². The lowest BCUT2D eigenvalue weighted by Crippen LogP contribution is -2.37. The van der Waals surface area contributed by atoms with Crippen molar-refractivity contribution < 1.29 is 22.8 Å². The molecule has 2 aromatic carbocycles. The fourth-order valence-electron chi connectivity index (χ4n) is 2.29. The first kappa shape index (κ1) is 18.2. The lowest BCUT2D eigenvalue weighted by Gasteiger charge is -2.06. The molecular weight excluding hydrogens is 356 g/mol. The van der Waals surface area contributed by atoms with Gasteiger partial charge in [-0.1, -0.05) is 30.3 Å². The molecule has 0 fully saturated rings. The third-order valence-corrected chi connectivity index (χ3v) is 3.63. The van der Waals surface area contributed by atoms with Gasteiger partial charge in [-0.05, 0) is 12.1 Å². The van der Waals surface area contributed by atoms with Crippen molar-refractivity contribution in [2.24, 2.45) is 0 Å². The van der Waals surface area contributed by atoms with Gasteiger partial charge in [-0.25, -0.2) is 13.8 Å². The molecule has 0 bridgehead atoms. The van der Waals surface area contributed by atoms with Crippen molar-refractivity contribution in [3.63, 3.8) is 0 Å². The number of nitrogens with one attached hydrogen (secondary N) is 2. The van der Waals surface area contributed by atoms with Gasteiger partial charge in [-0.3, -0.25) is 9.59 Å². The number of carbonyl (C=O) groups is 2. The third kappa shape index (κ3) is 4.75. The molecule has 138 valence electrons. The normalized spacial score (nSPS) is 10.4. The molecule has 1 aromatic heterocycles. The first-order valence-corrected chi connectivity index (χ1v) is 8.03. The minimum atomic E-state index is -0.999. The van der Waals surface area contributed by atoms with E-state index >= 15 is 0 Å². The molecule has 1 heterocycles. The van der Waals surface area contributed by atoms with E-state index in [2.05, 4.69) is 15.6 Å². The summed E-state index contributed by atoms with van der Waals surface area (Å²) in [7, 11) is 0. The molecule has 0 radical (unpaired) electrons. The number of rotatable bonds is 6. The van der Waals surface area contributed by atoms with Crippen LogP contribution in [0.1, 0.15) is 16.2 Å². The van der Waals surface area contributed by atoms with E-state index in [0.717, 1.165) is 17.7 Å². The highest BCUT2D eigenvalue weighted by Gasteiger charge is 2.14. The molecule has 0 unspecified atom stereocenters. The molecule has 0 saturated heterocycles. The van der Waals surface area contributed by atoms with Crippen molar-refractivity contribution in [2.45, 2.75) is 6.54 Å². The summed E-state index contributed by atoms with van der Waals surface area (Å²) < 4.78 is 31.9. The second kappa shape index (κ2) is 8.22. The molecule has 0 saturated carbocycles. The van der Waals surface area contributed by atoms with E-state index in [-0.39, 0.29) is 18.7 Å². The average Bonchev–Trinajstić information content (AvgIpc) is 3.14. The predicted octanol–water partition coefficient (Wildman–Crippen LogP) is 2.67. The van der Waals surface area contributed by atoms with Crippen molar-refractivity contribution in [1.82, 2.24) is 15.6 Å². The van der Waals surface area contributed by atoms with E-state index in [9.17, 15) is 18.4 Å². The summed E-state index contributed by atoms with van der Waals surface area (Å²) in [6, 6.07) is 11.9. The van der Waals surface area contributed by atoms with Crippen LogP contribution < -0.4 is 10.6 Å². The molecule has 0 atom stereocenters. The number of aromatic nitrogens is 1. The van der Waals surface area contributed by atoms with Gasteiger partial charge in [0.25, 0.3) is 5.91 Å². The smallest absolute Gasteiger partial charge is 0.254 e. The maximum absolute atomic E-state index is 13.5. The van der Waals surface area contributed by atoms with Crippen molar-refractivity contribution in [3.05, 3.63) is 77.8 Å². The summed E-state index contributed by atoms with van der Waals surface area (Å²) in [6.07, 6.45) is 1.55. The van der Waals surface area contributed by atoms with E-state index in [1.165, 1.54) is 0 Å². The Morgan fingerprint density at radius 3 is 2.56 bits per heavy atom. The van der Waals surface area contributed by atoms with Gasteiger partial charge in [0.2, 0.25) is 11.8 Å². The fraction of sp³-hybridized carbons (Fsp3) is 0.105. The van der Waals surface area contributed by atoms with Crippen LogP contribution in [0.3, 0.4) is 0 Å². The summed E-state index contributed by atoms with van der Waals surface area (Å²) in [6.45, 7) is -0.339. The highest BCUT2D eigenvalue weighted by molar-refractivity contribution is 5.96. The van der Waals surface area contributed by atoms with Crippen LogP contribution in [0.4, 0.5) is 8.78 Å². The van der Waals surface area contributed by atoms with Crippen LogP contribution >= 0.6 is 0 Å². The highest BCUT2D eigenvalue weighted by atomic mass is 19.1. The molecule has 2 N–H and O–H groups in total. The van der Waals surface area contributed by atoms with Crippen LogP contribution in [0.25, 0.3) is 11.3 Å². The van der Waals surface area contributed by atoms with Gasteiger partial charge in [-0.2, -0.15) is 0 Å². The van der Waals surface area contributed by atoms with Crippen molar-refractivity contribution in [2.75, 3.05) is 6.54 Å². The maximum atomic E-state index is 13.5. The van der Waals surface area contributed by atoms with Gasteiger partial charge in [0.1, 0.15) is 11.6 Å². The number of carbonyl (C=O) groups excluding carboxylic acids is 2. The summed E-state index contributed by atoms with van der Waals surface area (Å²) in [5.41, 5.74) is 0.514. The monoisotopic (exact) mass is 371 g/mol. The molecule has 3 aromatic rings. The number of oxazole rings is 1. The maximum Gasteiger partial charge on any atom is 0.254 e.